The van der Waals surface area contributed by atoms with E-state index in [2.05, 4.69) is 0 Å². The summed E-state index contributed by atoms with van der Waals surface area (Å²) in [5.74, 6) is -1.35. The quantitative estimate of drug-likeness (QED) is 0.387. The lowest BCUT2D eigenvalue weighted by molar-refractivity contribution is -0.135. The van der Waals surface area contributed by atoms with Gasteiger partial charge >= 0.3 is 16.3 Å². The second-order valence-electron chi connectivity index (χ2n) is 1.19. The molecule has 0 saturated heterocycles. The van der Waals surface area contributed by atoms with E-state index >= 15 is 0 Å². The molecule has 10 heavy (non-hydrogen) atoms. The van der Waals surface area contributed by atoms with Crippen LogP contribution in [-0.4, -0.2) is 30.6 Å². The lowest BCUT2D eigenvalue weighted by atomic mass is 10.7. The van der Waals surface area contributed by atoms with Gasteiger partial charge in [-0.3, -0.25) is 9.35 Å². The van der Waals surface area contributed by atoms with E-state index in [1.165, 1.54) is 4.72 Å². The van der Waals surface area contributed by atoms with Crippen molar-refractivity contribution in [2.24, 2.45) is 0 Å². The fraction of sp³-hybridized carbons (Fsp3) is 0.500. The van der Waals surface area contributed by atoms with Gasteiger partial charge in [0.1, 0.15) is 6.54 Å². The highest BCUT2D eigenvalue weighted by Gasteiger charge is 2.04. The van der Waals surface area contributed by atoms with Gasteiger partial charge in [0.25, 0.3) is 0 Å². The van der Waals surface area contributed by atoms with Gasteiger partial charge in [0.2, 0.25) is 0 Å². The molecule has 62 valence electrons. The summed E-state index contributed by atoms with van der Waals surface area (Å²) in [6.07, 6.45) is 0. The van der Waals surface area contributed by atoms with Crippen LogP contribution in [0.5, 0.6) is 0 Å². The van der Waals surface area contributed by atoms with Gasteiger partial charge in [-0.05, 0) is 0 Å². The number of nitrogens with one attached hydrogen (secondary N) is 1. The van der Waals surface area contributed by atoms with E-state index in [-0.39, 0.29) is 6.15 Å². The van der Waals surface area contributed by atoms with Gasteiger partial charge in [-0.1, -0.05) is 0 Å². The van der Waals surface area contributed by atoms with Crippen molar-refractivity contribution in [3.63, 3.8) is 0 Å². The molecule has 6 N–H and O–H groups in total. The molecule has 0 atom stereocenters. The second-order valence-corrected chi connectivity index (χ2v) is 2.43. The number of carboxylic acids is 1. The third-order valence-electron chi connectivity index (χ3n) is 0.406. The fourth-order valence-electron chi connectivity index (χ4n) is 0.153. The molecule has 0 aliphatic rings. The highest BCUT2D eigenvalue weighted by atomic mass is 32.2. The van der Waals surface area contributed by atoms with Crippen LogP contribution >= 0.6 is 0 Å². The molecule has 8 heteroatoms. The molecule has 0 bridgehead atoms. The first kappa shape index (κ1) is 12.0. The van der Waals surface area contributed by atoms with Gasteiger partial charge in [0.15, 0.2) is 0 Å². The Balaban J connectivity index is 0. The van der Waals surface area contributed by atoms with Crippen molar-refractivity contribution in [3.8, 4) is 0 Å². The normalized spacial score (nSPS) is 10.1. The monoisotopic (exact) mass is 172 g/mol. The minimum atomic E-state index is -4.35. The summed E-state index contributed by atoms with van der Waals surface area (Å²) in [6, 6.07) is 0. The van der Waals surface area contributed by atoms with Crippen molar-refractivity contribution in [2.45, 2.75) is 0 Å². The van der Waals surface area contributed by atoms with Gasteiger partial charge in [0, 0.05) is 0 Å². The first-order chi connectivity index (χ1) is 3.92. The Morgan fingerprint density at radius 1 is 1.50 bits per heavy atom. The summed E-state index contributed by atoms with van der Waals surface area (Å²) in [6.45, 7) is -0.807. The molecular formula is C2H8N2O5S. The zero-order chi connectivity index (χ0) is 7.49. The second kappa shape index (κ2) is 4.17. The van der Waals surface area contributed by atoms with Crippen LogP contribution in [0.15, 0.2) is 0 Å². The number of hydrogen-bond acceptors (Lipinski definition) is 4. The van der Waals surface area contributed by atoms with Gasteiger partial charge in [0.05, 0.1) is 0 Å². The number of aliphatic carboxylic acids is 1. The Morgan fingerprint density at radius 2 is 1.90 bits per heavy atom. The van der Waals surface area contributed by atoms with E-state index in [0.29, 0.717) is 0 Å². The van der Waals surface area contributed by atoms with Gasteiger partial charge in [-0.25, -0.2) is 0 Å². The molecule has 0 radical (unpaired) electrons. The largest absolute Gasteiger partial charge is 0.480 e. The summed E-state index contributed by atoms with van der Waals surface area (Å²) in [5.41, 5.74) is 0. The van der Waals surface area contributed by atoms with Gasteiger partial charge in [-0.2, -0.15) is 13.1 Å². The first-order valence-electron chi connectivity index (χ1n) is 1.85. The SMILES string of the molecule is N.O=C(O)CNS(=O)(=O)O. The highest BCUT2D eigenvalue weighted by Crippen LogP contribution is 1.69. The van der Waals surface area contributed by atoms with Crippen LogP contribution in [0.1, 0.15) is 0 Å². The van der Waals surface area contributed by atoms with E-state index in [0.717, 1.165) is 0 Å². The molecule has 0 aliphatic carbocycles. The van der Waals surface area contributed by atoms with Crippen molar-refractivity contribution >= 4 is 16.3 Å². The van der Waals surface area contributed by atoms with Crippen molar-refractivity contribution in [1.29, 1.82) is 0 Å². The zero-order valence-corrected chi connectivity index (χ0v) is 5.76. The smallest absolute Gasteiger partial charge is 0.333 e. The predicted molar refractivity (Wildman–Crippen MR) is 32.2 cm³/mol. The molecule has 0 unspecified atom stereocenters. The van der Waals surface area contributed by atoms with Crippen molar-refractivity contribution in [3.05, 3.63) is 0 Å². The third-order valence-corrected chi connectivity index (χ3v) is 0.915. The summed E-state index contributed by atoms with van der Waals surface area (Å²) in [7, 11) is -4.35. The van der Waals surface area contributed by atoms with Crippen LogP contribution < -0.4 is 10.9 Å². The minimum Gasteiger partial charge on any atom is -0.480 e. The molecular weight excluding hydrogens is 164 g/mol. The van der Waals surface area contributed by atoms with Crippen molar-refractivity contribution in [1.82, 2.24) is 10.9 Å². The maximum Gasteiger partial charge on any atom is 0.333 e. The number of carboxylic acid groups (broad SMARTS) is 1. The van der Waals surface area contributed by atoms with E-state index in [1.807, 2.05) is 0 Å². The Labute approximate surface area is 57.5 Å². The van der Waals surface area contributed by atoms with Gasteiger partial charge in [-0.15, -0.1) is 0 Å². The van der Waals surface area contributed by atoms with Crippen LogP contribution in [0.2, 0.25) is 0 Å². The van der Waals surface area contributed by atoms with Crippen molar-refractivity contribution in [2.75, 3.05) is 6.54 Å². The van der Waals surface area contributed by atoms with E-state index in [9.17, 15) is 13.2 Å². The predicted octanol–water partition coefficient (Wildman–Crippen LogP) is -1.37. The Hall–Kier alpha value is -0.700. The third kappa shape index (κ3) is 10.3. The zero-order valence-electron chi connectivity index (χ0n) is 4.94. The summed E-state index contributed by atoms with van der Waals surface area (Å²) >= 11 is 0. The molecule has 0 amide bonds. The van der Waals surface area contributed by atoms with Gasteiger partial charge < -0.3 is 11.3 Å². The van der Waals surface area contributed by atoms with Crippen LogP contribution in [0.4, 0.5) is 0 Å². The summed E-state index contributed by atoms with van der Waals surface area (Å²) in [4.78, 5) is 9.61. The average Bonchev–Trinajstić information content (AvgIpc) is 1.59. The molecule has 0 fully saturated rings. The van der Waals surface area contributed by atoms with Crippen LogP contribution in [0.25, 0.3) is 0 Å². The Kier molecular flexibility index (Phi) is 5.01. The summed E-state index contributed by atoms with van der Waals surface area (Å²) in [5, 5.41) is 7.84. The molecule has 0 aromatic heterocycles. The number of carbonyl (C=O) groups is 1. The van der Waals surface area contributed by atoms with E-state index in [4.69, 9.17) is 9.66 Å². The van der Waals surface area contributed by atoms with Crippen LogP contribution in [-0.2, 0) is 15.1 Å². The standard InChI is InChI=1S/C2H5NO5S.H3N/c4-2(5)1-3-9(6,7)8;/h3H,1H2,(H,4,5)(H,6,7,8);1H3. The molecule has 0 heterocycles. The van der Waals surface area contributed by atoms with E-state index in [1.54, 1.807) is 0 Å². The first-order valence-corrected chi connectivity index (χ1v) is 3.29. The molecule has 0 saturated carbocycles. The van der Waals surface area contributed by atoms with Crippen molar-refractivity contribution < 1.29 is 22.9 Å². The molecule has 0 spiro atoms. The Bertz CT molecular complexity index is 196. The number of hydrogen-bond donors (Lipinski definition) is 4. The Morgan fingerprint density at radius 3 is 2.00 bits per heavy atom. The molecule has 0 aromatic carbocycles. The highest BCUT2D eigenvalue weighted by molar-refractivity contribution is 7.83. The fourth-order valence-corrected chi connectivity index (χ4v) is 0.459. The maximum atomic E-state index is 9.72. The molecule has 0 aliphatic heterocycles. The molecule has 0 rings (SSSR count). The molecule has 7 nitrogen and oxygen atoms in total. The average molecular weight is 172 g/mol. The topological polar surface area (TPSA) is 139 Å². The maximum absolute atomic E-state index is 9.72. The van der Waals surface area contributed by atoms with Crippen LogP contribution in [0, 0.1) is 0 Å². The minimum absolute atomic E-state index is 0. The number of rotatable bonds is 3. The van der Waals surface area contributed by atoms with E-state index < -0.39 is 22.8 Å². The lowest BCUT2D eigenvalue weighted by Gasteiger charge is -1.92. The summed E-state index contributed by atoms with van der Waals surface area (Å²) < 4.78 is 28.6. The molecule has 0 aromatic rings. The van der Waals surface area contributed by atoms with Crippen LogP contribution in [0.3, 0.4) is 0 Å². The lowest BCUT2D eigenvalue weighted by Crippen LogP contribution is -2.28.